The number of benzene rings is 2. The number of rotatable bonds is 8. The SMILES string of the molecule is Cc1c(O)cccc1C(=O)N[C@@H](Cc1ccccc1)[C@H](O)C(=O)N1CSC(C)(C)[C@@H]1C(=O)N[C@@H]1CCCc2occc21. The van der Waals surface area contributed by atoms with Gasteiger partial charge in [0.25, 0.3) is 11.8 Å². The van der Waals surface area contributed by atoms with Crippen LogP contribution in [0.1, 0.15) is 65.5 Å². The molecule has 3 amide bonds. The number of amides is 3. The predicted molar refractivity (Wildman–Crippen MR) is 160 cm³/mol. The van der Waals surface area contributed by atoms with Crippen LogP contribution in [0.3, 0.4) is 0 Å². The number of carbonyl (C=O) groups excluding carboxylic acids is 3. The van der Waals surface area contributed by atoms with Crippen molar-refractivity contribution < 1.29 is 29.0 Å². The van der Waals surface area contributed by atoms with Crippen LogP contribution < -0.4 is 10.6 Å². The lowest BCUT2D eigenvalue weighted by atomic mass is 9.92. The normalized spacial score (nSPS) is 20.8. The number of nitrogens with zero attached hydrogens (tertiary/aromatic N) is 1. The molecular formula is C32H37N3O6S. The van der Waals surface area contributed by atoms with Gasteiger partial charge in [0.2, 0.25) is 5.91 Å². The predicted octanol–water partition coefficient (Wildman–Crippen LogP) is 3.87. The second-order valence-corrected chi connectivity index (χ2v) is 13.1. The monoisotopic (exact) mass is 591 g/mol. The van der Waals surface area contributed by atoms with Gasteiger partial charge in [0, 0.05) is 27.9 Å². The third-order valence-electron chi connectivity index (χ3n) is 8.24. The van der Waals surface area contributed by atoms with Crippen molar-refractivity contribution in [2.45, 2.75) is 75.4 Å². The summed E-state index contributed by atoms with van der Waals surface area (Å²) in [4.78, 5) is 42.4. The first kappa shape index (κ1) is 29.7. The maximum atomic E-state index is 13.9. The molecule has 2 aromatic carbocycles. The van der Waals surface area contributed by atoms with E-state index in [9.17, 15) is 24.6 Å². The second-order valence-electron chi connectivity index (χ2n) is 11.5. The topological polar surface area (TPSA) is 132 Å². The van der Waals surface area contributed by atoms with E-state index in [0.717, 1.165) is 36.1 Å². The molecule has 10 heteroatoms. The van der Waals surface area contributed by atoms with Gasteiger partial charge in [-0.25, -0.2) is 0 Å². The van der Waals surface area contributed by atoms with Crippen molar-refractivity contribution in [3.63, 3.8) is 0 Å². The van der Waals surface area contributed by atoms with Crippen LogP contribution in [0.25, 0.3) is 0 Å². The Morgan fingerprint density at radius 2 is 1.88 bits per heavy atom. The molecule has 1 aromatic heterocycles. The molecule has 9 nitrogen and oxygen atoms in total. The summed E-state index contributed by atoms with van der Waals surface area (Å²) in [6.45, 7) is 5.46. The van der Waals surface area contributed by atoms with Gasteiger partial charge < -0.3 is 30.2 Å². The number of furan rings is 1. The number of phenols is 1. The molecule has 5 rings (SSSR count). The number of fused-ring (bicyclic) bond motifs is 1. The molecule has 0 saturated carbocycles. The molecule has 4 atom stereocenters. The minimum Gasteiger partial charge on any atom is -0.508 e. The Morgan fingerprint density at radius 1 is 1.12 bits per heavy atom. The molecular weight excluding hydrogens is 554 g/mol. The first-order chi connectivity index (χ1) is 20.1. The first-order valence-electron chi connectivity index (χ1n) is 14.2. The van der Waals surface area contributed by atoms with E-state index >= 15 is 0 Å². The largest absolute Gasteiger partial charge is 0.508 e. The van der Waals surface area contributed by atoms with Crippen LogP contribution in [0.15, 0.2) is 65.3 Å². The highest BCUT2D eigenvalue weighted by Crippen LogP contribution is 2.41. The minimum atomic E-state index is -1.62. The summed E-state index contributed by atoms with van der Waals surface area (Å²) in [5.41, 5.74) is 2.42. The van der Waals surface area contributed by atoms with E-state index < -0.39 is 34.7 Å². The Balaban J connectivity index is 1.38. The summed E-state index contributed by atoms with van der Waals surface area (Å²) in [7, 11) is 0. The van der Waals surface area contributed by atoms with Gasteiger partial charge in [-0.1, -0.05) is 36.4 Å². The fraction of sp³-hybridized carbons (Fsp3) is 0.406. The quantitative estimate of drug-likeness (QED) is 0.313. The number of aliphatic hydroxyl groups is 1. The summed E-state index contributed by atoms with van der Waals surface area (Å²) in [5, 5.41) is 27.6. The van der Waals surface area contributed by atoms with Gasteiger partial charge in [0.1, 0.15) is 17.6 Å². The van der Waals surface area contributed by atoms with E-state index in [0.29, 0.717) is 5.56 Å². The Morgan fingerprint density at radius 3 is 2.64 bits per heavy atom. The first-order valence-corrected chi connectivity index (χ1v) is 15.2. The highest BCUT2D eigenvalue weighted by molar-refractivity contribution is 8.00. The molecule has 0 unspecified atom stereocenters. The van der Waals surface area contributed by atoms with Gasteiger partial charge in [-0.15, -0.1) is 11.8 Å². The number of hydrogen-bond acceptors (Lipinski definition) is 7. The molecule has 42 heavy (non-hydrogen) atoms. The number of phenolic OH excluding ortho intramolecular Hbond substituents is 1. The summed E-state index contributed by atoms with van der Waals surface area (Å²) in [5.74, 6) is -0.366. The highest BCUT2D eigenvalue weighted by atomic mass is 32.2. The highest BCUT2D eigenvalue weighted by Gasteiger charge is 2.50. The minimum absolute atomic E-state index is 0.0235. The van der Waals surface area contributed by atoms with E-state index in [-0.39, 0.29) is 35.6 Å². The van der Waals surface area contributed by atoms with Crippen molar-refractivity contribution in [2.75, 3.05) is 5.88 Å². The van der Waals surface area contributed by atoms with Crippen LogP contribution in [0.4, 0.5) is 0 Å². The van der Waals surface area contributed by atoms with Crippen LogP contribution in [0.5, 0.6) is 5.75 Å². The zero-order valence-electron chi connectivity index (χ0n) is 24.0. The lowest BCUT2D eigenvalue weighted by Gasteiger charge is -2.34. The molecule has 2 aliphatic rings. The molecule has 0 bridgehead atoms. The van der Waals surface area contributed by atoms with Gasteiger partial charge in [-0.05, 0) is 63.8 Å². The number of thioether (sulfide) groups is 1. The van der Waals surface area contributed by atoms with Crippen molar-refractivity contribution in [1.29, 1.82) is 0 Å². The van der Waals surface area contributed by atoms with E-state index in [4.69, 9.17) is 4.42 Å². The summed E-state index contributed by atoms with van der Waals surface area (Å²) < 4.78 is 4.97. The molecule has 4 N–H and O–H groups in total. The van der Waals surface area contributed by atoms with Gasteiger partial charge in [-0.2, -0.15) is 0 Å². The second kappa shape index (κ2) is 12.2. The molecule has 1 aliphatic carbocycles. The third-order valence-corrected chi connectivity index (χ3v) is 9.62. The Kier molecular flexibility index (Phi) is 8.65. The standard InChI is InChI=1S/C32H37N3O6S/c1-19-21(11-7-13-25(19)36)29(38)34-24(17-20-9-5-4-6-10-20)27(37)31(40)35-18-42-32(2,3)28(35)30(39)33-23-12-8-14-26-22(23)15-16-41-26/h4-7,9-11,13,15-16,23-24,27-28,36-37H,8,12,14,17-18H2,1-3H3,(H,33,39)(H,34,38)/t23-,24+,27+,28+/m1/s1. The van der Waals surface area contributed by atoms with E-state index in [1.807, 2.05) is 50.2 Å². The maximum absolute atomic E-state index is 13.9. The Bertz CT molecular complexity index is 1460. The fourth-order valence-electron chi connectivity index (χ4n) is 5.87. The average Bonchev–Trinajstić information content (AvgIpc) is 3.58. The number of aryl methyl sites for hydroxylation is 1. The van der Waals surface area contributed by atoms with Crippen LogP contribution in [-0.4, -0.2) is 61.6 Å². The van der Waals surface area contributed by atoms with Crippen LogP contribution in [0, 0.1) is 6.92 Å². The van der Waals surface area contributed by atoms with Gasteiger partial charge in [-0.3, -0.25) is 14.4 Å². The molecule has 222 valence electrons. The van der Waals surface area contributed by atoms with E-state index in [2.05, 4.69) is 10.6 Å². The Hall–Kier alpha value is -3.76. The average molecular weight is 592 g/mol. The van der Waals surface area contributed by atoms with E-state index in [1.54, 1.807) is 25.3 Å². The fourth-order valence-corrected chi connectivity index (χ4v) is 7.01. The summed E-state index contributed by atoms with van der Waals surface area (Å²) >= 11 is 1.47. The molecule has 2 heterocycles. The van der Waals surface area contributed by atoms with Crippen LogP contribution in [0.2, 0.25) is 0 Å². The smallest absolute Gasteiger partial charge is 0.254 e. The van der Waals surface area contributed by atoms with Gasteiger partial charge in [0.15, 0.2) is 6.10 Å². The number of hydrogen-bond donors (Lipinski definition) is 4. The molecule has 3 aromatic rings. The lowest BCUT2D eigenvalue weighted by Crippen LogP contribution is -2.59. The van der Waals surface area contributed by atoms with Crippen molar-refractivity contribution in [3.8, 4) is 5.75 Å². The van der Waals surface area contributed by atoms with Crippen molar-refractivity contribution in [1.82, 2.24) is 15.5 Å². The molecule has 1 saturated heterocycles. The van der Waals surface area contributed by atoms with E-state index in [1.165, 1.54) is 22.7 Å². The maximum Gasteiger partial charge on any atom is 0.254 e. The van der Waals surface area contributed by atoms with Crippen LogP contribution in [-0.2, 0) is 22.4 Å². The molecule has 0 spiro atoms. The molecule has 1 fully saturated rings. The summed E-state index contributed by atoms with van der Waals surface area (Å²) in [6, 6.07) is 13.8. The van der Waals surface area contributed by atoms with Gasteiger partial charge in [0.05, 0.1) is 24.2 Å². The zero-order valence-corrected chi connectivity index (χ0v) is 24.8. The van der Waals surface area contributed by atoms with Gasteiger partial charge >= 0.3 is 0 Å². The number of aliphatic hydroxyl groups excluding tert-OH is 1. The lowest BCUT2D eigenvalue weighted by molar-refractivity contribution is -0.147. The molecule has 1 aliphatic heterocycles. The molecule has 0 radical (unpaired) electrons. The Labute approximate surface area is 249 Å². The summed E-state index contributed by atoms with van der Waals surface area (Å²) in [6.07, 6.45) is 2.68. The zero-order chi connectivity index (χ0) is 30.0. The van der Waals surface area contributed by atoms with Crippen molar-refractivity contribution >= 4 is 29.5 Å². The number of aromatic hydroxyl groups is 1. The van der Waals surface area contributed by atoms with Crippen LogP contribution >= 0.6 is 11.8 Å². The number of nitrogens with one attached hydrogen (secondary N) is 2. The van der Waals surface area contributed by atoms with Crippen molar-refractivity contribution in [3.05, 3.63) is 88.9 Å². The number of carbonyl (C=O) groups is 3. The third kappa shape index (κ3) is 6.05. The van der Waals surface area contributed by atoms with Crippen molar-refractivity contribution in [2.24, 2.45) is 0 Å².